The molecule has 0 saturated carbocycles. The molecule has 0 aliphatic carbocycles. The van der Waals surface area contributed by atoms with E-state index in [4.69, 9.17) is 22.1 Å². The molecule has 0 aromatic heterocycles. The van der Waals surface area contributed by atoms with Gasteiger partial charge in [-0.05, 0) is 0 Å². The van der Waals surface area contributed by atoms with Gasteiger partial charge in [0.25, 0.3) is 0 Å². The maximum atomic E-state index is 9.48. The summed E-state index contributed by atoms with van der Waals surface area (Å²) in [5, 5.41) is 9.48. The van der Waals surface area contributed by atoms with E-state index in [9.17, 15) is 5.11 Å². The number of hydrogen-bond donors (Lipinski definition) is 1. The minimum atomic E-state index is -0.825. The van der Waals surface area contributed by atoms with Crippen molar-refractivity contribution in [1.29, 1.82) is 0 Å². The van der Waals surface area contributed by atoms with Crippen molar-refractivity contribution in [3.63, 3.8) is 0 Å². The first-order valence-corrected chi connectivity index (χ1v) is 3.81. The second kappa shape index (κ2) is 4.23. The maximum absolute atomic E-state index is 9.48. The van der Waals surface area contributed by atoms with Gasteiger partial charge in [-0.2, -0.15) is 0 Å². The lowest BCUT2D eigenvalue weighted by atomic mass is 9.87. The van der Waals surface area contributed by atoms with Gasteiger partial charge in [0.05, 0.1) is 6.61 Å². The summed E-state index contributed by atoms with van der Waals surface area (Å²) < 4.78 is 15.1. The Hall–Kier alpha value is -0.0951. The Morgan fingerprint density at radius 2 is 2.08 bits per heavy atom. The minimum absolute atomic E-state index is 0.246. The smallest absolute Gasteiger partial charge is 0.113 e. The molecule has 1 heterocycles. The normalized spacial score (nSPS) is 42.9. The van der Waals surface area contributed by atoms with Crippen molar-refractivity contribution in [3.05, 3.63) is 0 Å². The summed E-state index contributed by atoms with van der Waals surface area (Å²) in [6.07, 6.45) is -1.47. The predicted octanol–water partition coefficient (Wildman–Crippen LogP) is -1.10. The molecule has 1 saturated heterocycles. The van der Waals surface area contributed by atoms with E-state index in [-0.39, 0.29) is 6.10 Å². The molecule has 0 aromatic carbocycles. The molecule has 1 fully saturated rings. The van der Waals surface area contributed by atoms with E-state index in [0.717, 1.165) is 0 Å². The van der Waals surface area contributed by atoms with Crippen LogP contribution in [-0.4, -0.2) is 58.1 Å². The van der Waals surface area contributed by atoms with E-state index in [0.29, 0.717) is 6.61 Å². The molecule has 0 amide bonds. The molecular formula is C7H13BO4. The fourth-order valence-corrected chi connectivity index (χ4v) is 1.30. The van der Waals surface area contributed by atoms with Gasteiger partial charge >= 0.3 is 0 Å². The molecule has 5 heteroatoms. The summed E-state index contributed by atoms with van der Waals surface area (Å²) in [7, 11) is 8.51. The summed E-state index contributed by atoms with van der Waals surface area (Å²) in [5.41, 5.74) is 0. The van der Waals surface area contributed by atoms with Gasteiger partial charge in [0.2, 0.25) is 0 Å². The molecule has 2 radical (unpaired) electrons. The molecule has 1 N–H and O–H groups in total. The fourth-order valence-electron chi connectivity index (χ4n) is 1.30. The van der Waals surface area contributed by atoms with Crippen LogP contribution in [0.5, 0.6) is 0 Å². The molecule has 4 atom stereocenters. The Kier molecular flexibility index (Phi) is 3.52. The number of ether oxygens (including phenoxy) is 3. The molecule has 4 nitrogen and oxygen atoms in total. The lowest BCUT2D eigenvalue weighted by molar-refractivity contribution is -0.183. The summed E-state index contributed by atoms with van der Waals surface area (Å²) in [5.74, 6) is 0. The standard InChI is InChI=1S/C7H13BO4/c1-10-4-3-12-7(8)5(9)6(4)11-2/h4-7,9H,3H2,1-2H3/t4-,5+,6-,7?/m0/s1. The largest absolute Gasteiger partial charge is 0.388 e. The highest BCUT2D eigenvalue weighted by Gasteiger charge is 2.37. The van der Waals surface area contributed by atoms with Gasteiger partial charge in [-0.15, -0.1) is 0 Å². The average Bonchev–Trinajstić information content (AvgIpc) is 2.09. The first-order chi connectivity index (χ1) is 5.70. The van der Waals surface area contributed by atoms with E-state index in [1.54, 1.807) is 7.11 Å². The molecule has 1 unspecified atom stereocenters. The van der Waals surface area contributed by atoms with Crippen molar-refractivity contribution >= 4 is 7.85 Å². The summed E-state index contributed by atoms with van der Waals surface area (Å²) >= 11 is 0. The van der Waals surface area contributed by atoms with Crippen molar-refractivity contribution in [2.45, 2.75) is 24.3 Å². The SMILES string of the molecule is [B]C1OC[C@H](OC)[C@H](OC)[C@H]1O. The molecular weight excluding hydrogens is 159 g/mol. The number of rotatable bonds is 2. The Morgan fingerprint density at radius 3 is 2.58 bits per heavy atom. The number of aliphatic hydroxyl groups excluding tert-OH is 1. The zero-order chi connectivity index (χ0) is 9.14. The molecule has 0 aromatic rings. The van der Waals surface area contributed by atoms with Crippen LogP contribution in [0.25, 0.3) is 0 Å². The Bertz CT molecular complexity index is 141. The quantitative estimate of drug-likeness (QED) is 0.537. The molecule has 1 rings (SSSR count). The number of aliphatic hydroxyl groups is 1. The van der Waals surface area contributed by atoms with Crippen molar-refractivity contribution in [2.24, 2.45) is 0 Å². The zero-order valence-electron chi connectivity index (χ0n) is 7.27. The molecule has 1 aliphatic rings. The van der Waals surface area contributed by atoms with E-state index in [1.165, 1.54) is 7.11 Å². The first-order valence-electron chi connectivity index (χ1n) is 3.81. The van der Waals surface area contributed by atoms with Gasteiger partial charge in [0, 0.05) is 20.2 Å². The van der Waals surface area contributed by atoms with Crippen LogP contribution in [0.15, 0.2) is 0 Å². The van der Waals surface area contributed by atoms with Gasteiger partial charge in [0.15, 0.2) is 0 Å². The molecule has 1 aliphatic heterocycles. The second-order valence-electron chi connectivity index (χ2n) is 2.76. The summed E-state index contributed by atoms with van der Waals surface area (Å²) in [6.45, 7) is 0.354. The number of methoxy groups -OCH3 is 2. The first kappa shape index (κ1) is 9.99. The van der Waals surface area contributed by atoms with Crippen molar-refractivity contribution in [3.8, 4) is 0 Å². The van der Waals surface area contributed by atoms with Crippen LogP contribution in [-0.2, 0) is 14.2 Å². The van der Waals surface area contributed by atoms with Gasteiger partial charge in [-0.25, -0.2) is 0 Å². The fraction of sp³-hybridized carbons (Fsp3) is 1.00. The van der Waals surface area contributed by atoms with E-state index < -0.39 is 18.2 Å². The topological polar surface area (TPSA) is 47.9 Å². The minimum Gasteiger partial charge on any atom is -0.388 e. The van der Waals surface area contributed by atoms with Crippen LogP contribution >= 0.6 is 0 Å². The zero-order valence-corrected chi connectivity index (χ0v) is 7.27. The molecule has 68 valence electrons. The van der Waals surface area contributed by atoms with Crippen molar-refractivity contribution in [2.75, 3.05) is 20.8 Å². The Labute approximate surface area is 73.2 Å². The van der Waals surface area contributed by atoms with Gasteiger partial charge < -0.3 is 19.3 Å². The summed E-state index contributed by atoms with van der Waals surface area (Å²) in [6, 6.07) is -0.679. The predicted molar refractivity (Wildman–Crippen MR) is 43.1 cm³/mol. The Morgan fingerprint density at radius 1 is 1.42 bits per heavy atom. The van der Waals surface area contributed by atoms with Crippen LogP contribution in [0.1, 0.15) is 0 Å². The van der Waals surface area contributed by atoms with Crippen LogP contribution < -0.4 is 0 Å². The Balaban J connectivity index is 2.58. The summed E-state index contributed by atoms with van der Waals surface area (Å²) in [4.78, 5) is 0. The third-order valence-electron chi connectivity index (χ3n) is 2.07. The lowest BCUT2D eigenvalue weighted by Crippen LogP contribution is -2.54. The van der Waals surface area contributed by atoms with Crippen LogP contribution in [0.4, 0.5) is 0 Å². The second-order valence-corrected chi connectivity index (χ2v) is 2.76. The van der Waals surface area contributed by atoms with E-state index in [2.05, 4.69) is 0 Å². The highest BCUT2D eigenvalue weighted by atomic mass is 16.6. The van der Waals surface area contributed by atoms with Gasteiger partial charge in [-0.3, -0.25) is 0 Å². The van der Waals surface area contributed by atoms with Crippen LogP contribution in [0, 0.1) is 0 Å². The third-order valence-corrected chi connectivity index (χ3v) is 2.07. The number of hydrogen-bond acceptors (Lipinski definition) is 4. The maximum Gasteiger partial charge on any atom is 0.113 e. The highest BCUT2D eigenvalue weighted by molar-refractivity contribution is 6.11. The van der Waals surface area contributed by atoms with Gasteiger partial charge in [0.1, 0.15) is 26.2 Å². The molecule has 0 bridgehead atoms. The van der Waals surface area contributed by atoms with Crippen LogP contribution in [0.2, 0.25) is 0 Å². The monoisotopic (exact) mass is 172 g/mol. The lowest BCUT2D eigenvalue weighted by Gasteiger charge is -2.37. The van der Waals surface area contributed by atoms with Gasteiger partial charge in [-0.1, -0.05) is 0 Å². The van der Waals surface area contributed by atoms with Crippen molar-refractivity contribution < 1.29 is 19.3 Å². The molecule has 0 spiro atoms. The van der Waals surface area contributed by atoms with E-state index >= 15 is 0 Å². The highest BCUT2D eigenvalue weighted by Crippen LogP contribution is 2.17. The molecule has 12 heavy (non-hydrogen) atoms. The van der Waals surface area contributed by atoms with E-state index in [1.807, 2.05) is 0 Å². The third kappa shape index (κ3) is 1.80. The van der Waals surface area contributed by atoms with Crippen molar-refractivity contribution in [1.82, 2.24) is 0 Å². The average molecular weight is 172 g/mol. The van der Waals surface area contributed by atoms with Crippen LogP contribution in [0.3, 0.4) is 0 Å².